The molecule has 146 valence electrons. The van der Waals surface area contributed by atoms with Crippen LogP contribution in [0.4, 0.5) is 10.1 Å². The highest BCUT2D eigenvalue weighted by molar-refractivity contribution is 6.32. The van der Waals surface area contributed by atoms with Gasteiger partial charge in [0.15, 0.2) is 6.61 Å². The average molecular weight is 406 g/mol. The van der Waals surface area contributed by atoms with Crippen LogP contribution in [0.25, 0.3) is 6.08 Å². The van der Waals surface area contributed by atoms with E-state index in [1.165, 1.54) is 48.5 Å². The van der Waals surface area contributed by atoms with Crippen LogP contribution in [0.1, 0.15) is 22.8 Å². The van der Waals surface area contributed by atoms with E-state index in [2.05, 4.69) is 5.32 Å². The number of rotatable bonds is 7. The summed E-state index contributed by atoms with van der Waals surface area (Å²) >= 11 is 5.84. The van der Waals surface area contributed by atoms with Gasteiger partial charge in [-0.15, -0.1) is 0 Å². The number of anilines is 1. The summed E-state index contributed by atoms with van der Waals surface area (Å²) in [7, 11) is 0. The maximum Gasteiger partial charge on any atom is 0.338 e. The highest BCUT2D eigenvalue weighted by Gasteiger charge is 2.09. The third-order valence-corrected chi connectivity index (χ3v) is 3.74. The smallest absolute Gasteiger partial charge is 0.338 e. The molecule has 2 rings (SSSR count). The van der Waals surface area contributed by atoms with Crippen molar-refractivity contribution >= 4 is 41.2 Å². The summed E-state index contributed by atoms with van der Waals surface area (Å²) in [6.45, 7) is 1.43. The van der Waals surface area contributed by atoms with E-state index in [1.54, 1.807) is 6.92 Å². The van der Waals surface area contributed by atoms with Crippen LogP contribution in [0.15, 0.2) is 48.5 Å². The van der Waals surface area contributed by atoms with Gasteiger partial charge >= 0.3 is 11.9 Å². The van der Waals surface area contributed by atoms with Gasteiger partial charge in [0, 0.05) is 17.3 Å². The fourth-order valence-electron chi connectivity index (χ4n) is 2.11. The van der Waals surface area contributed by atoms with Gasteiger partial charge in [0.2, 0.25) is 0 Å². The number of ether oxygens (including phenoxy) is 2. The van der Waals surface area contributed by atoms with Gasteiger partial charge in [-0.05, 0) is 49.4 Å². The van der Waals surface area contributed by atoms with Crippen LogP contribution in [0.5, 0.6) is 0 Å². The number of hydrogen-bond donors (Lipinski definition) is 1. The summed E-state index contributed by atoms with van der Waals surface area (Å²) in [6.07, 6.45) is 2.15. The van der Waals surface area contributed by atoms with E-state index in [9.17, 15) is 18.8 Å². The van der Waals surface area contributed by atoms with Crippen molar-refractivity contribution in [2.75, 3.05) is 18.5 Å². The van der Waals surface area contributed by atoms with E-state index < -0.39 is 30.3 Å². The Morgan fingerprint density at radius 3 is 2.46 bits per heavy atom. The van der Waals surface area contributed by atoms with Gasteiger partial charge in [0.05, 0.1) is 17.2 Å². The summed E-state index contributed by atoms with van der Waals surface area (Å²) < 4.78 is 23.3. The minimum Gasteiger partial charge on any atom is -0.462 e. The molecule has 1 N–H and O–H groups in total. The molecule has 0 aliphatic rings. The maximum atomic E-state index is 13.6. The summed E-state index contributed by atoms with van der Waals surface area (Å²) in [6, 6.07) is 10.2. The monoisotopic (exact) mass is 405 g/mol. The molecule has 0 aromatic heterocycles. The van der Waals surface area contributed by atoms with Gasteiger partial charge < -0.3 is 14.8 Å². The van der Waals surface area contributed by atoms with Gasteiger partial charge in [-0.1, -0.05) is 17.7 Å². The Kier molecular flexibility index (Phi) is 7.71. The topological polar surface area (TPSA) is 81.7 Å². The van der Waals surface area contributed by atoms with E-state index >= 15 is 0 Å². The Labute approximate surface area is 165 Å². The van der Waals surface area contributed by atoms with Gasteiger partial charge in [-0.2, -0.15) is 0 Å². The molecule has 2 aromatic rings. The fraction of sp³-hybridized carbons (Fsp3) is 0.150. The van der Waals surface area contributed by atoms with Crippen molar-refractivity contribution in [2.24, 2.45) is 0 Å². The van der Waals surface area contributed by atoms with E-state index in [1.807, 2.05) is 0 Å². The average Bonchev–Trinajstić information content (AvgIpc) is 2.67. The van der Waals surface area contributed by atoms with Crippen molar-refractivity contribution in [3.05, 3.63) is 70.5 Å². The summed E-state index contributed by atoms with van der Waals surface area (Å²) in [5, 5.41) is 2.66. The van der Waals surface area contributed by atoms with Gasteiger partial charge in [-0.25, -0.2) is 14.0 Å². The van der Waals surface area contributed by atoms with Gasteiger partial charge in [-0.3, -0.25) is 4.79 Å². The van der Waals surface area contributed by atoms with Crippen LogP contribution < -0.4 is 5.32 Å². The number of amides is 1. The highest BCUT2D eigenvalue weighted by Crippen LogP contribution is 2.20. The molecule has 1 amide bonds. The van der Waals surface area contributed by atoms with E-state index in [0.717, 1.165) is 6.08 Å². The molecule has 8 heteroatoms. The Morgan fingerprint density at radius 2 is 1.82 bits per heavy atom. The molecule has 0 radical (unpaired) electrons. The van der Waals surface area contributed by atoms with Crippen molar-refractivity contribution in [3.63, 3.8) is 0 Å². The van der Waals surface area contributed by atoms with Gasteiger partial charge in [0.25, 0.3) is 5.91 Å². The lowest BCUT2D eigenvalue weighted by atomic mass is 10.2. The zero-order valence-electron chi connectivity index (χ0n) is 14.9. The molecule has 0 saturated heterocycles. The van der Waals surface area contributed by atoms with Crippen molar-refractivity contribution in [3.8, 4) is 0 Å². The minimum absolute atomic E-state index is 0.0484. The Morgan fingerprint density at radius 1 is 1.11 bits per heavy atom. The number of hydrogen-bond acceptors (Lipinski definition) is 5. The molecular weight excluding hydrogens is 389 g/mol. The molecule has 0 heterocycles. The number of nitrogens with one attached hydrogen (secondary N) is 1. The number of carbonyl (C=O) groups is 3. The molecule has 0 fully saturated rings. The molecule has 28 heavy (non-hydrogen) atoms. The van der Waals surface area contributed by atoms with Crippen LogP contribution in [-0.4, -0.2) is 31.1 Å². The second-order valence-corrected chi connectivity index (χ2v) is 5.83. The lowest BCUT2D eigenvalue weighted by molar-refractivity contribution is -0.142. The third kappa shape index (κ3) is 6.21. The van der Waals surface area contributed by atoms with Crippen LogP contribution in [0.2, 0.25) is 5.02 Å². The Balaban J connectivity index is 1.84. The van der Waals surface area contributed by atoms with Gasteiger partial charge in [0.1, 0.15) is 5.82 Å². The van der Waals surface area contributed by atoms with Crippen molar-refractivity contribution in [1.29, 1.82) is 0 Å². The fourth-order valence-corrected chi connectivity index (χ4v) is 2.33. The van der Waals surface area contributed by atoms with Crippen molar-refractivity contribution < 1.29 is 28.2 Å². The quantitative estimate of drug-likeness (QED) is 0.559. The SMILES string of the molecule is CCOC(=O)c1ccc(NC(=O)COC(=O)/C=C/c2c(F)cccc2Cl)cc1. The molecule has 0 spiro atoms. The minimum atomic E-state index is -0.827. The molecule has 0 unspecified atom stereocenters. The zero-order chi connectivity index (χ0) is 20.5. The molecule has 0 bridgehead atoms. The number of halogens is 2. The number of esters is 2. The van der Waals surface area contributed by atoms with Crippen molar-refractivity contribution in [1.82, 2.24) is 0 Å². The van der Waals surface area contributed by atoms with E-state index in [-0.39, 0.29) is 17.2 Å². The maximum absolute atomic E-state index is 13.6. The molecule has 0 saturated carbocycles. The Hall–Kier alpha value is -3.19. The van der Waals surface area contributed by atoms with Crippen LogP contribution in [-0.2, 0) is 19.1 Å². The lowest BCUT2D eigenvalue weighted by Crippen LogP contribution is -2.20. The van der Waals surface area contributed by atoms with Crippen LogP contribution >= 0.6 is 11.6 Å². The molecule has 0 aliphatic heterocycles. The third-order valence-electron chi connectivity index (χ3n) is 3.41. The second kappa shape index (κ2) is 10.2. The molecule has 0 aliphatic carbocycles. The first-order valence-corrected chi connectivity index (χ1v) is 8.64. The molecular formula is C20H17ClFNO5. The number of carbonyl (C=O) groups excluding carboxylic acids is 3. The predicted octanol–water partition coefficient (Wildman–Crippen LogP) is 3.85. The highest BCUT2D eigenvalue weighted by atomic mass is 35.5. The zero-order valence-corrected chi connectivity index (χ0v) is 15.7. The first kappa shape index (κ1) is 21.1. The number of benzene rings is 2. The summed E-state index contributed by atoms with van der Waals surface area (Å²) in [4.78, 5) is 35.1. The largest absolute Gasteiger partial charge is 0.462 e. The lowest BCUT2D eigenvalue weighted by Gasteiger charge is -2.07. The van der Waals surface area contributed by atoms with Crippen molar-refractivity contribution in [2.45, 2.75) is 6.92 Å². The van der Waals surface area contributed by atoms with E-state index in [4.69, 9.17) is 21.1 Å². The molecule has 2 aromatic carbocycles. The second-order valence-electron chi connectivity index (χ2n) is 5.42. The van der Waals surface area contributed by atoms with Crippen LogP contribution in [0.3, 0.4) is 0 Å². The van der Waals surface area contributed by atoms with Crippen LogP contribution in [0, 0.1) is 5.82 Å². The summed E-state index contributed by atoms with van der Waals surface area (Å²) in [5.74, 6) is -2.45. The predicted molar refractivity (Wildman–Crippen MR) is 102 cm³/mol. The standard InChI is InChI=1S/C20H17ClFNO5/c1-2-27-20(26)13-6-8-14(9-7-13)23-18(24)12-28-19(25)11-10-15-16(21)4-3-5-17(15)22/h3-11H,2,12H2,1H3,(H,23,24)/b11-10+. The summed E-state index contributed by atoms with van der Waals surface area (Å²) in [5.41, 5.74) is 0.818. The first-order chi connectivity index (χ1) is 13.4. The molecule has 6 nitrogen and oxygen atoms in total. The van der Waals surface area contributed by atoms with E-state index in [0.29, 0.717) is 11.3 Å². The molecule has 0 atom stereocenters. The first-order valence-electron chi connectivity index (χ1n) is 8.26. The Bertz CT molecular complexity index is 876. The normalized spacial score (nSPS) is 10.5.